The van der Waals surface area contributed by atoms with Gasteiger partial charge in [-0.1, -0.05) is 6.42 Å². The maximum Gasteiger partial charge on any atom is 0.191 e. The van der Waals surface area contributed by atoms with Crippen LogP contribution in [-0.4, -0.2) is 69.5 Å². The summed E-state index contributed by atoms with van der Waals surface area (Å²) in [6.45, 7) is 9.05. The third kappa shape index (κ3) is 6.59. The Morgan fingerprint density at radius 2 is 2.08 bits per heavy atom. The van der Waals surface area contributed by atoms with Crippen molar-refractivity contribution in [2.24, 2.45) is 10.9 Å². The second-order valence-electron chi connectivity index (χ2n) is 7.15. The molecule has 0 amide bonds. The van der Waals surface area contributed by atoms with Crippen molar-refractivity contribution in [1.82, 2.24) is 15.5 Å². The Balaban J connectivity index is 1.69. The molecule has 0 aliphatic carbocycles. The van der Waals surface area contributed by atoms with E-state index >= 15 is 0 Å². The molecule has 0 radical (unpaired) electrons. The van der Waals surface area contributed by atoms with Gasteiger partial charge in [-0.15, -0.1) is 0 Å². The van der Waals surface area contributed by atoms with E-state index in [9.17, 15) is 8.42 Å². The minimum Gasteiger partial charge on any atom is -0.357 e. The molecule has 7 heteroatoms. The average molecular weight is 359 g/mol. The van der Waals surface area contributed by atoms with Gasteiger partial charge >= 0.3 is 0 Å². The van der Waals surface area contributed by atoms with Crippen LogP contribution in [0, 0.1) is 5.92 Å². The standard InChI is InChI=1S/C17H34N4O2S/c1-3-18-17(20-13-16-8-12-24(22,23)14-16)19-9-6-11-21-10-5-4-7-15(21)2/h15-16H,3-14H2,1-2H3,(H2,18,19,20). The van der Waals surface area contributed by atoms with Crippen LogP contribution in [0.25, 0.3) is 0 Å². The lowest BCUT2D eigenvalue weighted by Crippen LogP contribution is -2.41. The van der Waals surface area contributed by atoms with Gasteiger partial charge in [0, 0.05) is 32.2 Å². The number of piperidine rings is 1. The first-order valence-corrected chi connectivity index (χ1v) is 11.3. The van der Waals surface area contributed by atoms with Gasteiger partial charge in [0.05, 0.1) is 11.5 Å². The maximum absolute atomic E-state index is 11.5. The summed E-state index contributed by atoms with van der Waals surface area (Å²) in [4.78, 5) is 7.16. The number of hydrogen-bond acceptors (Lipinski definition) is 4. The van der Waals surface area contributed by atoms with Gasteiger partial charge in [0.2, 0.25) is 0 Å². The minimum absolute atomic E-state index is 0.180. The van der Waals surface area contributed by atoms with Crippen molar-refractivity contribution in [2.45, 2.75) is 52.0 Å². The third-order valence-corrected chi connectivity index (χ3v) is 6.87. The molecule has 2 rings (SSSR count). The monoisotopic (exact) mass is 358 g/mol. The highest BCUT2D eigenvalue weighted by atomic mass is 32.2. The van der Waals surface area contributed by atoms with Crippen molar-refractivity contribution in [1.29, 1.82) is 0 Å². The summed E-state index contributed by atoms with van der Waals surface area (Å²) in [6.07, 6.45) is 5.86. The Morgan fingerprint density at radius 1 is 1.25 bits per heavy atom. The Morgan fingerprint density at radius 3 is 2.75 bits per heavy atom. The molecule has 140 valence electrons. The summed E-state index contributed by atoms with van der Waals surface area (Å²) in [7, 11) is -2.81. The molecule has 2 aliphatic rings. The number of rotatable bonds is 7. The van der Waals surface area contributed by atoms with E-state index in [1.807, 2.05) is 6.92 Å². The van der Waals surface area contributed by atoms with Gasteiger partial charge in [0.15, 0.2) is 15.8 Å². The average Bonchev–Trinajstić information content (AvgIpc) is 2.90. The van der Waals surface area contributed by atoms with Crippen LogP contribution in [0.1, 0.15) is 46.0 Å². The first-order valence-electron chi connectivity index (χ1n) is 9.47. The quantitative estimate of drug-likeness (QED) is 0.407. The van der Waals surface area contributed by atoms with E-state index in [1.165, 1.54) is 25.8 Å². The zero-order valence-corrected chi connectivity index (χ0v) is 16.1. The Hall–Kier alpha value is -0.820. The number of guanidine groups is 1. The fourth-order valence-electron chi connectivity index (χ4n) is 3.56. The zero-order chi connectivity index (χ0) is 17.4. The molecular formula is C17H34N4O2S. The highest BCUT2D eigenvalue weighted by molar-refractivity contribution is 7.91. The molecule has 2 saturated heterocycles. The van der Waals surface area contributed by atoms with Crippen LogP contribution < -0.4 is 10.6 Å². The van der Waals surface area contributed by atoms with Crippen molar-refractivity contribution in [3.8, 4) is 0 Å². The van der Waals surface area contributed by atoms with Gasteiger partial charge < -0.3 is 15.5 Å². The molecule has 24 heavy (non-hydrogen) atoms. The third-order valence-electron chi connectivity index (χ3n) is 5.03. The second kappa shape index (κ2) is 9.61. The predicted molar refractivity (Wildman–Crippen MR) is 100 cm³/mol. The lowest BCUT2D eigenvalue weighted by molar-refractivity contribution is 0.159. The van der Waals surface area contributed by atoms with Crippen molar-refractivity contribution in [3.63, 3.8) is 0 Å². The first-order chi connectivity index (χ1) is 11.5. The lowest BCUT2D eigenvalue weighted by Gasteiger charge is -2.33. The predicted octanol–water partition coefficient (Wildman–Crippen LogP) is 1.24. The van der Waals surface area contributed by atoms with Crippen LogP contribution in [0.15, 0.2) is 4.99 Å². The van der Waals surface area contributed by atoms with Gasteiger partial charge in [-0.25, -0.2) is 8.42 Å². The summed E-state index contributed by atoms with van der Waals surface area (Å²) in [5, 5.41) is 6.63. The molecule has 0 aromatic heterocycles. The van der Waals surface area contributed by atoms with Crippen LogP contribution in [0.2, 0.25) is 0 Å². The van der Waals surface area contributed by atoms with Crippen LogP contribution in [0.3, 0.4) is 0 Å². The molecule has 0 bridgehead atoms. The molecule has 2 aliphatic heterocycles. The van der Waals surface area contributed by atoms with E-state index in [4.69, 9.17) is 0 Å². The van der Waals surface area contributed by atoms with E-state index < -0.39 is 9.84 Å². The fourth-order valence-corrected chi connectivity index (χ4v) is 5.41. The Kier molecular flexibility index (Phi) is 7.81. The molecular weight excluding hydrogens is 324 g/mol. The molecule has 0 spiro atoms. The molecule has 2 N–H and O–H groups in total. The summed E-state index contributed by atoms with van der Waals surface area (Å²) >= 11 is 0. The van der Waals surface area contributed by atoms with Gasteiger partial charge in [-0.3, -0.25) is 4.99 Å². The molecule has 2 atom stereocenters. The summed E-state index contributed by atoms with van der Waals surface area (Å²) in [5.41, 5.74) is 0. The number of aliphatic imine (C=N–C) groups is 1. The maximum atomic E-state index is 11.5. The van der Waals surface area contributed by atoms with Crippen LogP contribution >= 0.6 is 0 Å². The fraction of sp³-hybridized carbons (Fsp3) is 0.941. The highest BCUT2D eigenvalue weighted by Crippen LogP contribution is 2.18. The molecule has 2 unspecified atom stereocenters. The summed E-state index contributed by atoms with van der Waals surface area (Å²) in [5.74, 6) is 1.61. The first kappa shape index (κ1) is 19.5. The normalized spacial score (nSPS) is 28.0. The minimum atomic E-state index is -2.81. The molecule has 2 fully saturated rings. The number of sulfone groups is 1. The number of nitrogens with one attached hydrogen (secondary N) is 2. The van der Waals surface area contributed by atoms with Gasteiger partial charge in [0.25, 0.3) is 0 Å². The van der Waals surface area contributed by atoms with Crippen molar-refractivity contribution < 1.29 is 8.42 Å². The van der Waals surface area contributed by atoms with Gasteiger partial charge in [-0.2, -0.15) is 0 Å². The van der Waals surface area contributed by atoms with Crippen LogP contribution in [0.5, 0.6) is 0 Å². The molecule has 0 aromatic rings. The lowest BCUT2D eigenvalue weighted by atomic mass is 10.0. The van der Waals surface area contributed by atoms with E-state index in [2.05, 4.69) is 27.4 Å². The van der Waals surface area contributed by atoms with E-state index in [0.29, 0.717) is 24.1 Å². The molecule has 2 heterocycles. The van der Waals surface area contributed by atoms with E-state index in [-0.39, 0.29) is 5.92 Å². The molecule has 0 saturated carbocycles. The smallest absolute Gasteiger partial charge is 0.191 e. The second-order valence-corrected chi connectivity index (χ2v) is 9.38. The topological polar surface area (TPSA) is 73.8 Å². The van der Waals surface area contributed by atoms with Gasteiger partial charge in [-0.05, 0) is 52.0 Å². The number of nitrogens with zero attached hydrogens (tertiary/aromatic N) is 2. The van der Waals surface area contributed by atoms with E-state index in [1.54, 1.807) is 0 Å². The SMILES string of the molecule is CCNC(=NCC1CCS(=O)(=O)C1)NCCCN1CCCCC1C. The van der Waals surface area contributed by atoms with E-state index in [0.717, 1.165) is 38.4 Å². The van der Waals surface area contributed by atoms with Gasteiger partial charge in [0.1, 0.15) is 0 Å². The largest absolute Gasteiger partial charge is 0.357 e. The zero-order valence-electron chi connectivity index (χ0n) is 15.3. The molecule has 0 aromatic carbocycles. The summed E-state index contributed by atoms with van der Waals surface area (Å²) < 4.78 is 23.0. The number of likely N-dealkylation sites (tertiary alicyclic amines) is 1. The Bertz CT molecular complexity index is 507. The van der Waals surface area contributed by atoms with Crippen LogP contribution in [0.4, 0.5) is 0 Å². The van der Waals surface area contributed by atoms with Crippen molar-refractivity contribution in [3.05, 3.63) is 0 Å². The Labute approximate surface area is 147 Å². The highest BCUT2D eigenvalue weighted by Gasteiger charge is 2.27. The van der Waals surface area contributed by atoms with Crippen molar-refractivity contribution >= 4 is 15.8 Å². The van der Waals surface area contributed by atoms with Crippen molar-refractivity contribution in [2.75, 3.05) is 44.2 Å². The summed E-state index contributed by atoms with van der Waals surface area (Å²) in [6, 6.07) is 0.713. The number of hydrogen-bond donors (Lipinski definition) is 2. The molecule has 6 nitrogen and oxygen atoms in total. The van der Waals surface area contributed by atoms with Crippen LogP contribution in [-0.2, 0) is 9.84 Å².